The molecule has 1 aromatic heterocycles. The average molecular weight is 356 g/mol. The molecule has 0 radical (unpaired) electrons. The van der Waals surface area contributed by atoms with Crippen molar-refractivity contribution < 1.29 is 9.53 Å². The first-order chi connectivity index (χ1) is 12.3. The fourth-order valence-corrected chi connectivity index (χ4v) is 4.57. The van der Waals surface area contributed by atoms with Crippen LogP contribution in [0.1, 0.15) is 23.3 Å². The molecule has 0 aliphatic carbocycles. The van der Waals surface area contributed by atoms with Crippen LogP contribution in [0.2, 0.25) is 0 Å². The molecule has 1 N–H and O–H groups in total. The number of hydrogen-bond acceptors (Lipinski definition) is 4. The zero-order valence-corrected chi connectivity index (χ0v) is 15.1. The Bertz CT molecular complexity index is 675. The number of nitrogens with zero attached hydrogens (tertiary/aromatic N) is 1. The summed E-state index contributed by atoms with van der Waals surface area (Å²) in [6.45, 7) is 3.67. The van der Waals surface area contributed by atoms with Crippen LogP contribution in [0.4, 0.5) is 0 Å². The smallest absolute Gasteiger partial charge is 0.222 e. The summed E-state index contributed by atoms with van der Waals surface area (Å²) in [5.74, 6) is 0.665. The summed E-state index contributed by atoms with van der Waals surface area (Å²) in [6.07, 6.45) is 1.86. The molecule has 0 saturated carbocycles. The first-order valence-corrected chi connectivity index (χ1v) is 9.85. The van der Waals surface area contributed by atoms with E-state index in [0.29, 0.717) is 25.0 Å². The maximum Gasteiger partial charge on any atom is 0.222 e. The second-order valence-corrected chi connectivity index (χ2v) is 8.06. The third kappa shape index (κ3) is 4.29. The Balaban J connectivity index is 1.20. The van der Waals surface area contributed by atoms with E-state index in [1.807, 2.05) is 17.5 Å². The number of amides is 1. The van der Waals surface area contributed by atoms with E-state index in [-0.39, 0.29) is 12.0 Å². The van der Waals surface area contributed by atoms with Crippen molar-refractivity contribution in [2.75, 3.05) is 13.1 Å². The minimum absolute atomic E-state index is 0.0808. The van der Waals surface area contributed by atoms with E-state index in [2.05, 4.69) is 40.5 Å². The fourth-order valence-electron chi connectivity index (χ4n) is 3.93. The number of likely N-dealkylation sites (tertiary alicyclic amines) is 1. The lowest BCUT2D eigenvalue weighted by atomic mass is 10.0. The molecule has 2 saturated heterocycles. The highest BCUT2D eigenvalue weighted by molar-refractivity contribution is 7.09. The van der Waals surface area contributed by atoms with Crippen LogP contribution in [0.25, 0.3) is 0 Å². The minimum atomic E-state index is 0.0808. The largest absolute Gasteiger partial charge is 0.373 e. The maximum absolute atomic E-state index is 12.1. The number of benzene rings is 1. The molecule has 1 aromatic carbocycles. The number of fused-ring (bicyclic) bond motifs is 1. The summed E-state index contributed by atoms with van der Waals surface area (Å²) >= 11 is 1.67. The summed E-state index contributed by atoms with van der Waals surface area (Å²) in [5.41, 5.74) is 1.35. The van der Waals surface area contributed by atoms with Gasteiger partial charge in [-0.05, 0) is 23.4 Å². The molecule has 132 valence electrons. The van der Waals surface area contributed by atoms with Gasteiger partial charge >= 0.3 is 0 Å². The van der Waals surface area contributed by atoms with Crippen molar-refractivity contribution in [3.05, 3.63) is 58.3 Å². The average Bonchev–Trinajstić information content (AvgIpc) is 3.30. The summed E-state index contributed by atoms with van der Waals surface area (Å²) in [5, 5.41) is 5.03. The van der Waals surface area contributed by atoms with E-state index < -0.39 is 0 Å². The number of thiophene rings is 1. The van der Waals surface area contributed by atoms with E-state index in [4.69, 9.17) is 4.74 Å². The van der Waals surface area contributed by atoms with Gasteiger partial charge in [-0.25, -0.2) is 0 Å². The number of carbonyl (C=O) groups is 1. The van der Waals surface area contributed by atoms with Gasteiger partial charge in [0.25, 0.3) is 0 Å². The Morgan fingerprint density at radius 1 is 1.20 bits per heavy atom. The molecule has 25 heavy (non-hydrogen) atoms. The molecule has 2 aliphatic heterocycles. The third-order valence-electron chi connectivity index (χ3n) is 5.09. The Morgan fingerprint density at radius 2 is 2.08 bits per heavy atom. The molecular weight excluding hydrogens is 332 g/mol. The Kier molecular flexibility index (Phi) is 5.15. The molecule has 3 heterocycles. The van der Waals surface area contributed by atoms with Gasteiger partial charge in [0.1, 0.15) is 0 Å². The van der Waals surface area contributed by atoms with E-state index in [0.717, 1.165) is 26.1 Å². The molecule has 5 heteroatoms. The SMILES string of the molecule is O=C(C[C@@H]1C[C@@H]2CN(Cc3ccccc3)C[C@@H]2O1)NCc1cccs1. The summed E-state index contributed by atoms with van der Waals surface area (Å²) < 4.78 is 6.16. The number of ether oxygens (including phenoxy) is 1. The number of carbonyl (C=O) groups excluding carboxylic acids is 1. The molecule has 2 aliphatic rings. The molecule has 0 spiro atoms. The van der Waals surface area contributed by atoms with E-state index in [9.17, 15) is 4.79 Å². The van der Waals surface area contributed by atoms with Gasteiger partial charge in [-0.1, -0.05) is 36.4 Å². The van der Waals surface area contributed by atoms with Crippen LogP contribution in [0, 0.1) is 5.92 Å². The van der Waals surface area contributed by atoms with Crippen LogP contribution in [0.5, 0.6) is 0 Å². The highest BCUT2D eigenvalue weighted by atomic mass is 32.1. The van der Waals surface area contributed by atoms with E-state index >= 15 is 0 Å². The number of rotatable bonds is 6. The van der Waals surface area contributed by atoms with Gasteiger partial charge in [0.15, 0.2) is 0 Å². The standard InChI is InChI=1S/C20H24N2O2S/c23-20(21-11-18-7-4-8-25-18)10-17-9-16-13-22(14-19(16)24-17)12-15-5-2-1-3-6-15/h1-8,16-17,19H,9-14H2,(H,21,23)/t16-,17+,19+/m1/s1. The summed E-state index contributed by atoms with van der Waals surface area (Å²) in [4.78, 5) is 15.8. The first kappa shape index (κ1) is 16.8. The topological polar surface area (TPSA) is 41.6 Å². The Hall–Kier alpha value is -1.69. The maximum atomic E-state index is 12.1. The summed E-state index contributed by atoms with van der Waals surface area (Å²) in [6, 6.07) is 14.6. The molecule has 4 nitrogen and oxygen atoms in total. The molecule has 4 rings (SSSR count). The normalized spacial score (nSPS) is 25.8. The molecular formula is C20H24N2O2S. The molecule has 0 bridgehead atoms. The van der Waals surface area contributed by atoms with Gasteiger partial charge < -0.3 is 10.1 Å². The van der Waals surface area contributed by atoms with Crippen LogP contribution in [-0.2, 0) is 22.6 Å². The van der Waals surface area contributed by atoms with E-state index in [1.165, 1.54) is 10.4 Å². The molecule has 3 atom stereocenters. The second-order valence-electron chi connectivity index (χ2n) is 7.03. The minimum Gasteiger partial charge on any atom is -0.373 e. The van der Waals surface area contributed by atoms with Crippen LogP contribution in [0.3, 0.4) is 0 Å². The van der Waals surface area contributed by atoms with Gasteiger partial charge in [0.2, 0.25) is 5.91 Å². The van der Waals surface area contributed by atoms with Crippen molar-refractivity contribution in [1.82, 2.24) is 10.2 Å². The third-order valence-corrected chi connectivity index (χ3v) is 5.97. The van der Waals surface area contributed by atoms with Crippen molar-refractivity contribution in [3.63, 3.8) is 0 Å². The Morgan fingerprint density at radius 3 is 2.84 bits per heavy atom. The van der Waals surface area contributed by atoms with Crippen LogP contribution in [0.15, 0.2) is 47.8 Å². The van der Waals surface area contributed by atoms with Crippen molar-refractivity contribution in [2.24, 2.45) is 5.92 Å². The lowest BCUT2D eigenvalue weighted by Crippen LogP contribution is -2.29. The molecule has 2 fully saturated rings. The van der Waals surface area contributed by atoms with Gasteiger partial charge in [-0.3, -0.25) is 9.69 Å². The van der Waals surface area contributed by atoms with E-state index in [1.54, 1.807) is 11.3 Å². The zero-order valence-electron chi connectivity index (χ0n) is 14.3. The number of nitrogens with one attached hydrogen (secondary N) is 1. The van der Waals surface area contributed by atoms with Crippen LogP contribution >= 0.6 is 11.3 Å². The lowest BCUT2D eigenvalue weighted by Gasteiger charge is -2.19. The monoisotopic (exact) mass is 356 g/mol. The molecule has 1 amide bonds. The quantitative estimate of drug-likeness (QED) is 0.865. The van der Waals surface area contributed by atoms with Crippen LogP contribution in [-0.4, -0.2) is 36.1 Å². The second kappa shape index (κ2) is 7.68. The van der Waals surface area contributed by atoms with Crippen molar-refractivity contribution in [3.8, 4) is 0 Å². The predicted molar refractivity (Wildman–Crippen MR) is 99.3 cm³/mol. The first-order valence-electron chi connectivity index (χ1n) is 8.97. The zero-order chi connectivity index (χ0) is 17.1. The summed E-state index contributed by atoms with van der Waals surface area (Å²) in [7, 11) is 0. The van der Waals surface area contributed by atoms with Gasteiger partial charge in [-0.15, -0.1) is 11.3 Å². The van der Waals surface area contributed by atoms with Crippen LogP contribution < -0.4 is 5.32 Å². The van der Waals surface area contributed by atoms with Crippen molar-refractivity contribution in [2.45, 2.75) is 38.1 Å². The van der Waals surface area contributed by atoms with Crippen molar-refractivity contribution in [1.29, 1.82) is 0 Å². The highest BCUT2D eigenvalue weighted by Gasteiger charge is 2.42. The number of hydrogen-bond donors (Lipinski definition) is 1. The van der Waals surface area contributed by atoms with Gasteiger partial charge in [-0.2, -0.15) is 0 Å². The molecule has 0 unspecified atom stereocenters. The Labute approximate surface area is 152 Å². The van der Waals surface area contributed by atoms with Crippen molar-refractivity contribution >= 4 is 17.2 Å². The molecule has 2 aromatic rings. The highest BCUT2D eigenvalue weighted by Crippen LogP contribution is 2.34. The fraction of sp³-hybridized carbons (Fsp3) is 0.450. The van der Waals surface area contributed by atoms with Gasteiger partial charge in [0, 0.05) is 30.4 Å². The van der Waals surface area contributed by atoms with Gasteiger partial charge in [0.05, 0.1) is 25.2 Å². The lowest BCUT2D eigenvalue weighted by molar-refractivity contribution is -0.123. The predicted octanol–water partition coefficient (Wildman–Crippen LogP) is 3.04.